The summed E-state index contributed by atoms with van der Waals surface area (Å²) in [5, 5.41) is 19.6. The van der Waals surface area contributed by atoms with E-state index in [2.05, 4.69) is 55.5 Å². The lowest BCUT2D eigenvalue weighted by Gasteiger charge is -2.28. The first kappa shape index (κ1) is 64.5. The van der Waals surface area contributed by atoms with Gasteiger partial charge in [0.15, 0.2) is 0 Å². The number of amides is 5. The number of carbonyl (C=O) groups excluding carboxylic acids is 8. The average Bonchev–Trinajstić information content (AvgIpc) is 4.02. The third kappa shape index (κ3) is 19.0. The number of halogens is 1. The molecule has 1 aliphatic carbocycles. The quantitative estimate of drug-likeness (QED) is 0.0138. The van der Waals surface area contributed by atoms with Crippen molar-refractivity contribution in [2.45, 2.75) is 84.5 Å². The molecule has 6 rings (SSSR count). The second-order valence-electron chi connectivity index (χ2n) is 18.1. The normalized spacial score (nSPS) is 13.2. The molecule has 0 saturated carbocycles. The number of nitrogens with one attached hydrogen (secondary N) is 7. The summed E-state index contributed by atoms with van der Waals surface area (Å²) in [6.45, 7) is 12.4. The van der Waals surface area contributed by atoms with Gasteiger partial charge in [-0.15, -0.1) is 0 Å². The Morgan fingerprint density at radius 2 is 1.64 bits per heavy atom. The number of carbonyl (C=O) groups is 8. The first-order valence-electron chi connectivity index (χ1n) is 25.5. The van der Waals surface area contributed by atoms with Crippen LogP contribution in [0.5, 0.6) is 0 Å². The number of pyridine rings is 2. The van der Waals surface area contributed by atoms with E-state index >= 15 is 0 Å². The highest BCUT2D eigenvalue weighted by molar-refractivity contribution is 5.93. The Bertz CT molecular complexity index is 2800. The molecule has 0 spiro atoms. The molecule has 7 N–H and O–H groups in total. The van der Waals surface area contributed by atoms with Gasteiger partial charge in [-0.1, -0.05) is 50.8 Å². The van der Waals surface area contributed by atoms with Gasteiger partial charge in [0.2, 0.25) is 30.0 Å². The van der Waals surface area contributed by atoms with Crippen molar-refractivity contribution in [3.63, 3.8) is 0 Å². The molecule has 422 valence electrons. The fraction of sp³-hybridized carbons (Fsp3) is 0.429. The van der Waals surface area contributed by atoms with Crippen molar-refractivity contribution >= 4 is 59.8 Å². The number of benzene rings is 2. The van der Waals surface area contributed by atoms with Crippen molar-refractivity contribution in [1.82, 2.24) is 51.7 Å². The lowest BCUT2D eigenvalue weighted by atomic mass is 9.82. The minimum Gasteiger partial charge on any atom is -0.380 e. The molecule has 1 aliphatic heterocycles. The number of nitrogens with zero attached hydrogens (tertiary/aromatic N) is 3. The average molecular weight is 1080 g/mol. The van der Waals surface area contributed by atoms with E-state index in [9.17, 15) is 47.5 Å². The Hall–Kier alpha value is -7.79. The number of likely N-dealkylation sites (N-methyl/N-ethyl adjacent to an activating group) is 1. The second kappa shape index (κ2) is 34.1. The van der Waals surface area contributed by atoms with Gasteiger partial charge in [-0.05, 0) is 106 Å². The Labute approximate surface area is 454 Å². The maximum absolute atomic E-state index is 14.8. The zero-order valence-corrected chi connectivity index (χ0v) is 45.8. The molecule has 3 atom stereocenters. The molecule has 4 aromatic rings. The number of hydrogen-bond donors (Lipinski definition) is 7. The highest BCUT2D eigenvalue weighted by Gasteiger charge is 2.34. The van der Waals surface area contributed by atoms with Crippen LogP contribution >= 0.6 is 0 Å². The van der Waals surface area contributed by atoms with Gasteiger partial charge in [-0.25, -0.2) is 9.37 Å². The van der Waals surface area contributed by atoms with Crippen LogP contribution < -0.4 is 42.8 Å². The number of rotatable bonds is 26. The topological polar surface area (TPSA) is 277 Å². The van der Waals surface area contributed by atoms with Crippen molar-refractivity contribution in [2.75, 3.05) is 74.3 Å². The van der Waals surface area contributed by atoms with E-state index in [1.807, 2.05) is 71.3 Å². The van der Waals surface area contributed by atoms with E-state index in [1.165, 1.54) is 23.1 Å². The van der Waals surface area contributed by atoms with Crippen LogP contribution in [0, 0.1) is 12.7 Å². The summed E-state index contributed by atoms with van der Waals surface area (Å²) >= 11 is 0. The van der Waals surface area contributed by atoms with Crippen molar-refractivity contribution in [1.29, 1.82) is 0 Å². The van der Waals surface area contributed by atoms with Gasteiger partial charge in [-0.2, -0.15) is 0 Å². The molecule has 0 saturated heterocycles. The van der Waals surface area contributed by atoms with Gasteiger partial charge in [0, 0.05) is 60.4 Å². The van der Waals surface area contributed by atoms with E-state index in [0.29, 0.717) is 77.7 Å². The summed E-state index contributed by atoms with van der Waals surface area (Å²) in [6.07, 6.45) is 8.17. The molecule has 22 heteroatoms. The summed E-state index contributed by atoms with van der Waals surface area (Å²) in [7, 11) is 7.05. The molecule has 2 aromatic heterocycles. The first-order valence-corrected chi connectivity index (χ1v) is 25.5. The highest BCUT2D eigenvalue weighted by Crippen LogP contribution is 2.45. The molecule has 0 bridgehead atoms. The zero-order valence-electron chi connectivity index (χ0n) is 45.8. The van der Waals surface area contributed by atoms with E-state index in [1.54, 1.807) is 18.7 Å². The van der Waals surface area contributed by atoms with E-state index in [4.69, 9.17) is 9.72 Å². The molecule has 2 aliphatic rings. The molecule has 3 unspecified atom stereocenters. The molecule has 21 nitrogen and oxygen atoms in total. The van der Waals surface area contributed by atoms with Crippen LogP contribution in [-0.4, -0.2) is 144 Å². The predicted octanol–water partition coefficient (Wildman–Crippen LogP) is 2.33. The molecule has 0 fully saturated rings. The summed E-state index contributed by atoms with van der Waals surface area (Å²) in [5.74, 6) is -2.17. The van der Waals surface area contributed by atoms with E-state index in [0.717, 1.165) is 53.3 Å². The van der Waals surface area contributed by atoms with Crippen LogP contribution in [0.2, 0.25) is 0 Å². The smallest absolute Gasteiger partial charge is 0.257 e. The number of fused-ring (bicyclic) bond motifs is 4. The van der Waals surface area contributed by atoms with Gasteiger partial charge in [0.1, 0.15) is 38.0 Å². The lowest BCUT2D eigenvalue weighted by Crippen LogP contribution is -2.45. The Morgan fingerprint density at radius 1 is 0.962 bits per heavy atom. The number of aldehydes is 3. The van der Waals surface area contributed by atoms with Gasteiger partial charge in [0.05, 0.1) is 56.2 Å². The van der Waals surface area contributed by atoms with Gasteiger partial charge in [0.25, 0.3) is 5.56 Å². The molecule has 5 amide bonds. The summed E-state index contributed by atoms with van der Waals surface area (Å²) in [5.41, 5.74) is 8.46. The molecule has 78 heavy (non-hydrogen) atoms. The van der Waals surface area contributed by atoms with Crippen LogP contribution in [0.25, 0.3) is 22.3 Å². The number of allylic oxidation sites excluding steroid dienone is 2. The van der Waals surface area contributed by atoms with E-state index < -0.39 is 11.8 Å². The molecule has 0 radical (unpaired) electrons. The fourth-order valence-electron chi connectivity index (χ4n) is 8.51. The molecule has 3 heterocycles. The van der Waals surface area contributed by atoms with Crippen LogP contribution in [0.4, 0.5) is 4.39 Å². The highest BCUT2D eigenvalue weighted by atomic mass is 19.1. The monoisotopic (exact) mass is 1080 g/mol. The molecule has 2 aromatic carbocycles. The standard InChI is InChI=1S/C26H28FN3O3.C21H28N4O4.C6H10N2O4.C3H9N/c1-5-14(11-31)16-8-22-25-17(10-30(22)26(32)18(16)12-33-4)24-20(28-3)7-6-15-13(2)19(27)9-21(29-25)23(15)24;1-16(12-18-9-5-4-6-10-18)24-20(28)14-22-19(27)13-23-21(29)15-25(3)17(2)8-7-11-26;9-1-2-12-5-8-6(11)3-7-4-10;1-3-4-2/h8-9,11,14,20,28H,5-7,10,12H2,1-4H3;4-11,16H,2,12-15H2,1,3H3,(H,22,27)(H,23,29)(H,24,28);1,4H,2-3,5H2,(H,7,10)(H,8,11);4H,3H2,1-2H3/b;8-7-;;. The van der Waals surface area contributed by atoms with Crippen LogP contribution in [0.1, 0.15) is 84.5 Å². The summed E-state index contributed by atoms with van der Waals surface area (Å²) < 4.78 is 26.4. The second-order valence-corrected chi connectivity index (χ2v) is 18.1. The van der Waals surface area contributed by atoms with E-state index in [-0.39, 0.29) is 87.3 Å². The fourth-order valence-corrected chi connectivity index (χ4v) is 8.51. The van der Waals surface area contributed by atoms with Crippen molar-refractivity contribution in [3.8, 4) is 11.4 Å². The zero-order chi connectivity index (χ0) is 57.7. The van der Waals surface area contributed by atoms with Crippen molar-refractivity contribution in [2.24, 2.45) is 0 Å². The predicted molar refractivity (Wildman–Crippen MR) is 295 cm³/mol. The first-order chi connectivity index (χ1) is 37.5. The van der Waals surface area contributed by atoms with Crippen LogP contribution in [-0.2, 0) is 73.8 Å². The third-order valence-electron chi connectivity index (χ3n) is 12.6. The lowest BCUT2D eigenvalue weighted by molar-refractivity contribution is -0.128. The number of aryl methyl sites for hydroxylation is 1. The Balaban J connectivity index is 0.000000324. The maximum Gasteiger partial charge on any atom is 0.257 e. The Morgan fingerprint density at radius 3 is 2.26 bits per heavy atom. The Kier molecular flexibility index (Phi) is 28.2. The van der Waals surface area contributed by atoms with Crippen LogP contribution in [0.15, 0.2) is 71.7 Å². The molecular formula is C56H75FN10O11. The van der Waals surface area contributed by atoms with Gasteiger partial charge < -0.3 is 65.7 Å². The third-order valence-corrected chi connectivity index (χ3v) is 12.6. The van der Waals surface area contributed by atoms with Crippen molar-refractivity contribution < 1.29 is 52.2 Å². The summed E-state index contributed by atoms with van der Waals surface area (Å²) in [4.78, 5) is 108. The van der Waals surface area contributed by atoms with Crippen LogP contribution in [0.3, 0.4) is 0 Å². The number of hydrogen-bond acceptors (Lipinski definition) is 15. The van der Waals surface area contributed by atoms with Gasteiger partial charge in [-0.3, -0.25) is 33.6 Å². The van der Waals surface area contributed by atoms with Gasteiger partial charge >= 0.3 is 0 Å². The summed E-state index contributed by atoms with van der Waals surface area (Å²) in [6, 6.07) is 13.2. The minimum atomic E-state index is -0.466. The number of aromatic nitrogens is 2. The maximum atomic E-state index is 14.8. The largest absolute Gasteiger partial charge is 0.380 e. The molecular weight excluding hydrogens is 1010 g/mol. The SMILES string of the molecule is C=C(/C=C\C=O)N(C)CC(=O)NCC(=O)NCC(=O)NC(C)Cc1ccccc1.CCC(C=O)c1cc2n(c(=O)c1COC)Cc1c-2nc2cc(F)c(C)c3c2c1C(NC)CC3.CCNC.O=CCOCNC(=O)CNC=O. The van der Waals surface area contributed by atoms with Crippen molar-refractivity contribution in [3.05, 3.63) is 122 Å². The minimum absolute atomic E-state index is 0.0210. The number of methoxy groups -OCH3 is 1. The number of ether oxygens (including phenoxy) is 2.